The van der Waals surface area contributed by atoms with Gasteiger partial charge in [0.05, 0.1) is 6.54 Å². The lowest BCUT2D eigenvalue weighted by Crippen LogP contribution is -2.57. The van der Waals surface area contributed by atoms with Gasteiger partial charge in [-0.05, 0) is 19.3 Å². The minimum atomic E-state index is -0.339. The second-order valence-electron chi connectivity index (χ2n) is 3.95. The highest BCUT2D eigenvalue weighted by Gasteiger charge is 2.30. The number of piperazine rings is 1. The van der Waals surface area contributed by atoms with E-state index in [1.165, 1.54) is 0 Å². The number of carbonyl (C=O) groups is 2. The van der Waals surface area contributed by atoms with Crippen LogP contribution in [-0.2, 0) is 9.59 Å². The van der Waals surface area contributed by atoms with Gasteiger partial charge in [-0.1, -0.05) is 6.92 Å². The summed E-state index contributed by atoms with van der Waals surface area (Å²) in [5.74, 6) is 2.53. The number of nitrogens with one attached hydrogen (secondary N) is 1. The molecule has 0 radical (unpaired) electrons. The summed E-state index contributed by atoms with van der Waals surface area (Å²) in [5, 5.41) is 2.68. The standard InChI is InChI=1S/C12H18N2O2/c1-3-5-6-7-8-14-9-11(15)13-10(4-2)12(14)16/h1,10H,4-9H2,2H3,(H,13,15). The molecule has 0 bridgehead atoms. The van der Waals surface area contributed by atoms with Gasteiger partial charge in [-0.3, -0.25) is 9.59 Å². The Labute approximate surface area is 96.4 Å². The Morgan fingerprint density at radius 3 is 2.88 bits per heavy atom. The van der Waals surface area contributed by atoms with Gasteiger partial charge in [0.15, 0.2) is 0 Å². The summed E-state index contributed by atoms with van der Waals surface area (Å²) < 4.78 is 0. The summed E-state index contributed by atoms with van der Waals surface area (Å²) in [6.45, 7) is 2.71. The fraction of sp³-hybridized carbons (Fsp3) is 0.667. The van der Waals surface area contributed by atoms with E-state index >= 15 is 0 Å². The smallest absolute Gasteiger partial charge is 0.245 e. The van der Waals surface area contributed by atoms with Crippen molar-refractivity contribution in [2.24, 2.45) is 0 Å². The van der Waals surface area contributed by atoms with E-state index in [1.54, 1.807) is 4.90 Å². The van der Waals surface area contributed by atoms with Crippen molar-refractivity contribution in [1.29, 1.82) is 0 Å². The first kappa shape index (κ1) is 12.6. The highest BCUT2D eigenvalue weighted by atomic mass is 16.2. The molecule has 0 aliphatic carbocycles. The average Bonchev–Trinajstić information content (AvgIpc) is 2.28. The maximum absolute atomic E-state index is 11.8. The van der Waals surface area contributed by atoms with Crippen molar-refractivity contribution in [1.82, 2.24) is 10.2 Å². The van der Waals surface area contributed by atoms with Gasteiger partial charge < -0.3 is 10.2 Å². The summed E-state index contributed by atoms with van der Waals surface area (Å²) in [6.07, 6.45) is 8.28. The number of nitrogens with zero attached hydrogens (tertiary/aromatic N) is 1. The van der Waals surface area contributed by atoms with E-state index in [2.05, 4.69) is 11.2 Å². The zero-order valence-electron chi connectivity index (χ0n) is 9.66. The topological polar surface area (TPSA) is 49.4 Å². The first-order chi connectivity index (χ1) is 7.69. The number of hydrogen-bond donors (Lipinski definition) is 1. The fourth-order valence-electron chi connectivity index (χ4n) is 1.77. The Morgan fingerprint density at radius 1 is 1.50 bits per heavy atom. The Balaban J connectivity index is 2.42. The molecule has 4 heteroatoms. The lowest BCUT2D eigenvalue weighted by atomic mass is 10.1. The van der Waals surface area contributed by atoms with E-state index in [-0.39, 0.29) is 24.4 Å². The number of terminal acetylenes is 1. The summed E-state index contributed by atoms with van der Waals surface area (Å²) in [7, 11) is 0. The Hall–Kier alpha value is -1.50. The normalized spacial score (nSPS) is 20.5. The summed E-state index contributed by atoms with van der Waals surface area (Å²) in [4.78, 5) is 24.8. The highest BCUT2D eigenvalue weighted by molar-refractivity contribution is 5.94. The van der Waals surface area contributed by atoms with E-state index in [9.17, 15) is 9.59 Å². The van der Waals surface area contributed by atoms with Gasteiger partial charge in [0.25, 0.3) is 0 Å². The molecule has 1 fully saturated rings. The Morgan fingerprint density at radius 2 is 2.25 bits per heavy atom. The van der Waals surface area contributed by atoms with Gasteiger partial charge in [-0.25, -0.2) is 0 Å². The van der Waals surface area contributed by atoms with Crippen LogP contribution >= 0.6 is 0 Å². The van der Waals surface area contributed by atoms with Crippen molar-refractivity contribution >= 4 is 11.8 Å². The fourth-order valence-corrected chi connectivity index (χ4v) is 1.77. The lowest BCUT2D eigenvalue weighted by Gasteiger charge is -2.32. The molecule has 1 rings (SSSR count). The third-order valence-corrected chi connectivity index (χ3v) is 2.69. The maximum Gasteiger partial charge on any atom is 0.245 e. The lowest BCUT2D eigenvalue weighted by molar-refractivity contribution is -0.144. The minimum Gasteiger partial charge on any atom is -0.343 e. The number of unbranched alkanes of at least 4 members (excludes halogenated alkanes) is 2. The van der Waals surface area contributed by atoms with Crippen LogP contribution in [0.1, 0.15) is 32.6 Å². The molecule has 16 heavy (non-hydrogen) atoms. The van der Waals surface area contributed by atoms with Gasteiger partial charge in [-0.2, -0.15) is 0 Å². The Bertz CT molecular complexity index is 307. The van der Waals surface area contributed by atoms with Gasteiger partial charge in [0.1, 0.15) is 6.04 Å². The third kappa shape index (κ3) is 3.27. The molecule has 1 atom stereocenters. The molecule has 1 unspecified atom stereocenters. The van der Waals surface area contributed by atoms with Crippen molar-refractivity contribution in [3.05, 3.63) is 0 Å². The van der Waals surface area contributed by atoms with E-state index < -0.39 is 0 Å². The predicted octanol–water partition coefficient (Wildman–Crippen LogP) is 0.527. The monoisotopic (exact) mass is 222 g/mol. The molecule has 1 aliphatic rings. The number of carbonyl (C=O) groups excluding carboxylic acids is 2. The maximum atomic E-state index is 11.8. The Kier molecular flexibility index (Phi) is 4.84. The van der Waals surface area contributed by atoms with Gasteiger partial charge in [-0.15, -0.1) is 12.3 Å². The number of amides is 2. The molecule has 0 aromatic carbocycles. The molecular weight excluding hydrogens is 204 g/mol. The molecule has 0 aromatic rings. The van der Waals surface area contributed by atoms with E-state index in [4.69, 9.17) is 6.42 Å². The molecule has 4 nitrogen and oxygen atoms in total. The summed E-state index contributed by atoms with van der Waals surface area (Å²) in [5.41, 5.74) is 0. The first-order valence-corrected chi connectivity index (χ1v) is 5.70. The molecule has 1 saturated heterocycles. The molecule has 0 aromatic heterocycles. The second kappa shape index (κ2) is 6.16. The van der Waals surface area contributed by atoms with Crippen LogP contribution in [0.5, 0.6) is 0 Å². The zero-order valence-corrected chi connectivity index (χ0v) is 9.66. The van der Waals surface area contributed by atoms with Crippen molar-refractivity contribution < 1.29 is 9.59 Å². The van der Waals surface area contributed by atoms with Gasteiger partial charge in [0.2, 0.25) is 11.8 Å². The molecule has 2 amide bonds. The molecule has 1 heterocycles. The summed E-state index contributed by atoms with van der Waals surface area (Å²) >= 11 is 0. The highest BCUT2D eigenvalue weighted by Crippen LogP contribution is 2.07. The quantitative estimate of drug-likeness (QED) is 0.545. The van der Waals surface area contributed by atoms with Crippen LogP contribution in [0.3, 0.4) is 0 Å². The minimum absolute atomic E-state index is 0.0304. The van der Waals surface area contributed by atoms with E-state index in [0.29, 0.717) is 13.0 Å². The van der Waals surface area contributed by atoms with Crippen molar-refractivity contribution in [3.8, 4) is 12.3 Å². The summed E-state index contributed by atoms with van der Waals surface area (Å²) in [6, 6.07) is -0.339. The number of rotatable bonds is 5. The average molecular weight is 222 g/mol. The van der Waals surface area contributed by atoms with Gasteiger partial charge in [0, 0.05) is 13.0 Å². The largest absolute Gasteiger partial charge is 0.343 e. The SMILES string of the molecule is C#CCCCCN1CC(=O)NC(CC)C1=O. The van der Waals surface area contributed by atoms with Gasteiger partial charge >= 0.3 is 0 Å². The van der Waals surface area contributed by atoms with Crippen molar-refractivity contribution in [2.75, 3.05) is 13.1 Å². The molecule has 0 saturated carbocycles. The van der Waals surface area contributed by atoms with Crippen LogP contribution in [-0.4, -0.2) is 35.8 Å². The van der Waals surface area contributed by atoms with Crippen LogP contribution in [0.15, 0.2) is 0 Å². The number of hydrogen-bond acceptors (Lipinski definition) is 2. The molecule has 1 aliphatic heterocycles. The first-order valence-electron chi connectivity index (χ1n) is 5.70. The molecule has 88 valence electrons. The van der Waals surface area contributed by atoms with Crippen LogP contribution < -0.4 is 5.32 Å². The zero-order chi connectivity index (χ0) is 12.0. The van der Waals surface area contributed by atoms with E-state index in [1.807, 2.05) is 6.92 Å². The predicted molar refractivity (Wildman–Crippen MR) is 61.5 cm³/mol. The third-order valence-electron chi connectivity index (χ3n) is 2.69. The van der Waals surface area contributed by atoms with Crippen LogP contribution in [0.25, 0.3) is 0 Å². The van der Waals surface area contributed by atoms with Crippen LogP contribution in [0.4, 0.5) is 0 Å². The van der Waals surface area contributed by atoms with E-state index in [0.717, 1.165) is 19.3 Å². The van der Waals surface area contributed by atoms with Crippen LogP contribution in [0, 0.1) is 12.3 Å². The molecular formula is C12H18N2O2. The van der Waals surface area contributed by atoms with Crippen molar-refractivity contribution in [2.45, 2.75) is 38.6 Å². The molecule has 1 N–H and O–H groups in total. The van der Waals surface area contributed by atoms with Crippen LogP contribution in [0.2, 0.25) is 0 Å². The second-order valence-corrected chi connectivity index (χ2v) is 3.95. The molecule has 0 spiro atoms. The van der Waals surface area contributed by atoms with Crippen molar-refractivity contribution in [3.63, 3.8) is 0 Å².